The Bertz CT molecular complexity index is 600. The molecule has 0 bridgehead atoms. The third kappa shape index (κ3) is 3.44. The van der Waals surface area contributed by atoms with Gasteiger partial charge in [-0.05, 0) is 53.4 Å². The smallest absolute Gasteiger partial charge is 0.244 e. The standard InChI is InChI=1S/C13H17Br2NO3S/c1-9-7-12(15)13(8-11(9)14)20(17,18)16(5-6-19-2)10-3-4-10/h7-8,10H,3-6H2,1-2H3. The first kappa shape index (κ1) is 16.4. The van der Waals surface area contributed by atoms with Crippen LogP contribution in [0.2, 0.25) is 0 Å². The molecule has 1 fully saturated rings. The molecule has 0 heterocycles. The summed E-state index contributed by atoms with van der Waals surface area (Å²) in [5.41, 5.74) is 0.991. The number of rotatable bonds is 6. The van der Waals surface area contributed by atoms with Gasteiger partial charge in [-0.2, -0.15) is 4.31 Å². The predicted molar refractivity (Wildman–Crippen MR) is 85.4 cm³/mol. The van der Waals surface area contributed by atoms with Crippen molar-refractivity contribution in [1.29, 1.82) is 0 Å². The highest BCUT2D eigenvalue weighted by molar-refractivity contribution is 9.11. The number of nitrogens with zero attached hydrogens (tertiary/aromatic N) is 1. The van der Waals surface area contributed by atoms with E-state index in [1.54, 1.807) is 17.5 Å². The number of sulfonamides is 1. The van der Waals surface area contributed by atoms with Crippen molar-refractivity contribution in [3.05, 3.63) is 26.6 Å². The summed E-state index contributed by atoms with van der Waals surface area (Å²) in [5.74, 6) is 0. The van der Waals surface area contributed by atoms with Gasteiger partial charge in [0.15, 0.2) is 0 Å². The number of hydrogen-bond donors (Lipinski definition) is 0. The van der Waals surface area contributed by atoms with E-state index in [0.29, 0.717) is 22.5 Å². The zero-order valence-corrected chi connectivity index (χ0v) is 15.4. The largest absolute Gasteiger partial charge is 0.383 e. The molecule has 0 aliphatic heterocycles. The third-order valence-electron chi connectivity index (χ3n) is 3.27. The van der Waals surface area contributed by atoms with Crippen LogP contribution in [0.3, 0.4) is 0 Å². The average molecular weight is 427 g/mol. The van der Waals surface area contributed by atoms with Crippen molar-refractivity contribution in [1.82, 2.24) is 4.31 Å². The summed E-state index contributed by atoms with van der Waals surface area (Å²) >= 11 is 6.76. The summed E-state index contributed by atoms with van der Waals surface area (Å²) in [6.45, 7) is 2.72. The van der Waals surface area contributed by atoms with Crippen LogP contribution in [0.15, 0.2) is 26.0 Å². The molecule has 0 amide bonds. The Kier molecular flexibility index (Phi) is 5.29. The lowest BCUT2D eigenvalue weighted by atomic mass is 10.2. The second kappa shape index (κ2) is 6.44. The Morgan fingerprint density at radius 2 is 1.95 bits per heavy atom. The van der Waals surface area contributed by atoms with Gasteiger partial charge in [0.1, 0.15) is 0 Å². The number of aryl methyl sites for hydroxylation is 1. The number of ether oxygens (including phenoxy) is 1. The SMILES string of the molecule is COCCN(C1CC1)S(=O)(=O)c1cc(Br)c(C)cc1Br. The first-order valence-corrected chi connectivity index (χ1v) is 9.37. The van der Waals surface area contributed by atoms with Crippen molar-refractivity contribution >= 4 is 41.9 Å². The van der Waals surface area contributed by atoms with Gasteiger partial charge >= 0.3 is 0 Å². The molecule has 20 heavy (non-hydrogen) atoms. The first-order valence-electron chi connectivity index (χ1n) is 6.34. The fraction of sp³-hybridized carbons (Fsp3) is 0.538. The molecule has 1 aromatic carbocycles. The summed E-state index contributed by atoms with van der Waals surface area (Å²) < 4.78 is 33.6. The van der Waals surface area contributed by atoms with E-state index in [0.717, 1.165) is 22.9 Å². The Labute approximate surface area is 136 Å². The van der Waals surface area contributed by atoms with Gasteiger partial charge in [0.05, 0.1) is 11.5 Å². The van der Waals surface area contributed by atoms with Gasteiger partial charge in [-0.15, -0.1) is 0 Å². The average Bonchev–Trinajstić information content (AvgIpc) is 3.18. The topological polar surface area (TPSA) is 46.6 Å². The van der Waals surface area contributed by atoms with Crippen molar-refractivity contribution in [2.24, 2.45) is 0 Å². The summed E-state index contributed by atoms with van der Waals surface area (Å²) in [6, 6.07) is 3.59. The van der Waals surface area contributed by atoms with E-state index in [4.69, 9.17) is 4.74 Å². The maximum Gasteiger partial charge on any atom is 0.244 e. The molecule has 0 aromatic heterocycles. The van der Waals surface area contributed by atoms with E-state index in [2.05, 4.69) is 31.9 Å². The molecule has 112 valence electrons. The quantitative estimate of drug-likeness (QED) is 0.700. The highest BCUT2D eigenvalue weighted by atomic mass is 79.9. The van der Waals surface area contributed by atoms with Gasteiger partial charge in [-0.3, -0.25) is 0 Å². The van der Waals surface area contributed by atoms with Crippen LogP contribution in [0.4, 0.5) is 0 Å². The van der Waals surface area contributed by atoms with Crippen LogP contribution in [-0.4, -0.2) is 39.0 Å². The van der Waals surface area contributed by atoms with E-state index in [-0.39, 0.29) is 6.04 Å². The molecule has 0 atom stereocenters. The van der Waals surface area contributed by atoms with Gasteiger partial charge in [0.2, 0.25) is 10.0 Å². The summed E-state index contributed by atoms with van der Waals surface area (Å²) in [4.78, 5) is 0.304. The molecule has 0 spiro atoms. The lowest BCUT2D eigenvalue weighted by molar-refractivity contribution is 0.177. The molecular weight excluding hydrogens is 410 g/mol. The lowest BCUT2D eigenvalue weighted by Gasteiger charge is -2.22. The van der Waals surface area contributed by atoms with Crippen molar-refractivity contribution in [3.63, 3.8) is 0 Å². The van der Waals surface area contributed by atoms with Gasteiger partial charge < -0.3 is 4.74 Å². The van der Waals surface area contributed by atoms with Gasteiger partial charge in [-0.1, -0.05) is 15.9 Å². The van der Waals surface area contributed by atoms with Crippen LogP contribution in [0.25, 0.3) is 0 Å². The van der Waals surface area contributed by atoms with E-state index in [9.17, 15) is 8.42 Å². The third-order valence-corrected chi connectivity index (χ3v) is 7.03. The Morgan fingerprint density at radius 3 is 2.50 bits per heavy atom. The summed E-state index contributed by atoms with van der Waals surface area (Å²) in [5, 5.41) is 0. The first-order chi connectivity index (χ1) is 9.37. The van der Waals surface area contributed by atoms with Crippen molar-refractivity contribution in [3.8, 4) is 0 Å². The normalized spacial score (nSPS) is 15.8. The minimum atomic E-state index is -3.50. The lowest BCUT2D eigenvalue weighted by Crippen LogP contribution is -2.36. The molecule has 2 rings (SSSR count). The highest BCUT2D eigenvalue weighted by Crippen LogP contribution is 2.36. The zero-order valence-electron chi connectivity index (χ0n) is 11.4. The molecule has 1 aliphatic carbocycles. The summed E-state index contributed by atoms with van der Waals surface area (Å²) in [6.07, 6.45) is 1.85. The molecule has 0 unspecified atom stereocenters. The fourth-order valence-corrected chi connectivity index (χ4v) is 5.30. The molecule has 0 N–H and O–H groups in total. The molecule has 1 aromatic rings. The van der Waals surface area contributed by atoms with Gasteiger partial charge in [0, 0.05) is 28.6 Å². The molecule has 7 heteroatoms. The maximum atomic E-state index is 12.8. The van der Waals surface area contributed by atoms with Crippen LogP contribution in [0, 0.1) is 6.92 Å². The second-order valence-corrected chi connectivity index (χ2v) is 8.44. The Balaban J connectivity index is 2.39. The minimum Gasteiger partial charge on any atom is -0.383 e. The molecule has 1 aliphatic rings. The minimum absolute atomic E-state index is 0.113. The maximum absolute atomic E-state index is 12.8. The molecule has 4 nitrogen and oxygen atoms in total. The number of methoxy groups -OCH3 is 1. The summed E-state index contributed by atoms with van der Waals surface area (Å²) in [7, 11) is -1.92. The Hall–Kier alpha value is 0.0500. The van der Waals surface area contributed by atoms with Crippen LogP contribution < -0.4 is 0 Å². The van der Waals surface area contributed by atoms with E-state index in [1.807, 2.05) is 13.0 Å². The van der Waals surface area contributed by atoms with Crippen LogP contribution in [-0.2, 0) is 14.8 Å². The van der Waals surface area contributed by atoms with Crippen LogP contribution >= 0.6 is 31.9 Å². The van der Waals surface area contributed by atoms with E-state index in [1.165, 1.54) is 0 Å². The molecule has 1 saturated carbocycles. The number of halogens is 2. The van der Waals surface area contributed by atoms with Crippen molar-refractivity contribution < 1.29 is 13.2 Å². The fourth-order valence-electron chi connectivity index (χ4n) is 1.99. The Morgan fingerprint density at radius 1 is 1.30 bits per heavy atom. The van der Waals surface area contributed by atoms with Crippen molar-refractivity contribution in [2.45, 2.75) is 30.7 Å². The highest BCUT2D eigenvalue weighted by Gasteiger charge is 2.38. The second-order valence-electron chi connectivity index (χ2n) is 4.87. The van der Waals surface area contributed by atoms with Crippen LogP contribution in [0.5, 0.6) is 0 Å². The number of benzene rings is 1. The van der Waals surface area contributed by atoms with Gasteiger partial charge in [0.25, 0.3) is 0 Å². The van der Waals surface area contributed by atoms with E-state index >= 15 is 0 Å². The van der Waals surface area contributed by atoms with Crippen LogP contribution in [0.1, 0.15) is 18.4 Å². The molecular formula is C13H17Br2NO3S. The zero-order chi connectivity index (χ0) is 14.9. The monoisotopic (exact) mass is 425 g/mol. The predicted octanol–water partition coefficient (Wildman–Crippen LogP) is 3.32. The van der Waals surface area contributed by atoms with Crippen molar-refractivity contribution in [2.75, 3.05) is 20.3 Å². The van der Waals surface area contributed by atoms with E-state index < -0.39 is 10.0 Å². The van der Waals surface area contributed by atoms with Gasteiger partial charge in [-0.25, -0.2) is 8.42 Å². The molecule has 0 radical (unpaired) electrons. The molecule has 0 saturated heterocycles. The number of hydrogen-bond acceptors (Lipinski definition) is 3.